The Hall–Kier alpha value is -8.07. The number of β-lactam (4-membered cyclic amide) rings is 1. The standard InChI is InChI=1S/C68H75N3O10Si/c1-43-35-48(37-56(61(43)75-7)81-82(10,11)68(3,4)5)36-54(69(6)67(74)80-41-53-51-33-23-21-31-49(51)50-32-22-24-34-52(50)53)65(72)71-55(42-78-39-46-27-17-13-18-28-46)57-58(59-60(71)66(73)70(59)38-45-25-15-12-16-26-45)62(76-8)44(2)63(77-9)64(57)79-40-47-29-19-14-20-30-47/h12-35,37,53-55,59-60H,36,38-42H2,1-11H3/t54-,55-,59+,60-/m0/s1. The van der Waals surface area contributed by atoms with Crippen molar-refractivity contribution in [2.75, 3.05) is 41.6 Å². The van der Waals surface area contributed by atoms with Gasteiger partial charge in [0.1, 0.15) is 36.8 Å². The molecule has 426 valence electrons. The molecule has 0 N–H and O–H groups in total. The van der Waals surface area contributed by atoms with Crippen LogP contribution in [0.1, 0.15) is 94.4 Å². The maximum Gasteiger partial charge on any atom is 0.410 e. The Kier molecular flexibility index (Phi) is 16.6. The topological polar surface area (TPSA) is 126 Å². The Labute approximate surface area is 483 Å². The number of hydrogen-bond donors (Lipinski definition) is 0. The van der Waals surface area contributed by atoms with E-state index in [1.165, 1.54) is 4.90 Å². The summed E-state index contributed by atoms with van der Waals surface area (Å²) in [5, 5.41) is -0.152. The van der Waals surface area contributed by atoms with Crippen LogP contribution in [0.4, 0.5) is 4.79 Å². The molecule has 4 atom stereocenters. The number of amides is 3. The van der Waals surface area contributed by atoms with E-state index in [0.717, 1.165) is 44.5 Å². The number of ether oxygens (including phenoxy) is 6. The zero-order chi connectivity index (χ0) is 58.0. The Morgan fingerprint density at radius 2 is 1.18 bits per heavy atom. The molecule has 0 radical (unpaired) electrons. The van der Waals surface area contributed by atoms with Crippen molar-refractivity contribution in [1.82, 2.24) is 14.7 Å². The third-order valence-electron chi connectivity index (χ3n) is 17.1. The lowest BCUT2D eigenvalue weighted by molar-refractivity contribution is -0.177. The Balaban J connectivity index is 1.14. The number of likely N-dealkylation sites (tertiary alicyclic amines) is 1. The molecule has 1 fully saturated rings. The van der Waals surface area contributed by atoms with Gasteiger partial charge in [-0.2, -0.15) is 0 Å². The van der Waals surface area contributed by atoms with E-state index in [4.69, 9.17) is 32.8 Å². The van der Waals surface area contributed by atoms with E-state index in [2.05, 4.69) is 58.1 Å². The molecule has 1 aliphatic carbocycles. The van der Waals surface area contributed by atoms with Gasteiger partial charge in [-0.1, -0.05) is 166 Å². The van der Waals surface area contributed by atoms with Crippen LogP contribution in [0.2, 0.25) is 18.1 Å². The second-order valence-electron chi connectivity index (χ2n) is 23.2. The van der Waals surface area contributed by atoms with Crippen molar-refractivity contribution in [3.8, 4) is 39.9 Å². The molecule has 3 aliphatic rings. The van der Waals surface area contributed by atoms with Gasteiger partial charge in [0.2, 0.25) is 11.8 Å². The predicted molar refractivity (Wildman–Crippen MR) is 320 cm³/mol. The fraction of sp³-hybridized carbons (Fsp3) is 0.338. The maximum absolute atomic E-state index is 16.9. The molecule has 7 aromatic carbocycles. The van der Waals surface area contributed by atoms with E-state index in [1.54, 1.807) is 38.2 Å². The van der Waals surface area contributed by atoms with Crippen molar-refractivity contribution in [1.29, 1.82) is 0 Å². The minimum absolute atomic E-state index is 0.0103. The van der Waals surface area contributed by atoms with Crippen molar-refractivity contribution in [3.05, 3.63) is 207 Å². The number of carbonyl (C=O) groups is 3. The number of benzene rings is 7. The molecule has 3 amide bonds. The van der Waals surface area contributed by atoms with Gasteiger partial charge in [0, 0.05) is 42.6 Å². The fourth-order valence-electron chi connectivity index (χ4n) is 11.9. The summed E-state index contributed by atoms with van der Waals surface area (Å²) in [6.07, 6.45) is -0.693. The van der Waals surface area contributed by atoms with Crippen LogP contribution < -0.4 is 23.4 Å². The summed E-state index contributed by atoms with van der Waals surface area (Å²) in [6, 6.07) is 45.7. The Morgan fingerprint density at radius 1 is 0.634 bits per heavy atom. The van der Waals surface area contributed by atoms with Gasteiger partial charge in [-0.05, 0) is 88.1 Å². The molecule has 14 heteroatoms. The van der Waals surface area contributed by atoms with Crippen molar-refractivity contribution in [2.24, 2.45) is 0 Å². The van der Waals surface area contributed by atoms with E-state index >= 15 is 14.4 Å². The van der Waals surface area contributed by atoms with Gasteiger partial charge >= 0.3 is 6.09 Å². The number of hydrogen-bond acceptors (Lipinski definition) is 10. The molecule has 2 heterocycles. The summed E-state index contributed by atoms with van der Waals surface area (Å²) in [7, 11) is 3.98. The van der Waals surface area contributed by atoms with Crippen LogP contribution in [0.3, 0.4) is 0 Å². The largest absolute Gasteiger partial charge is 0.541 e. The van der Waals surface area contributed by atoms with Gasteiger partial charge in [-0.3, -0.25) is 14.5 Å². The van der Waals surface area contributed by atoms with Crippen LogP contribution in [-0.4, -0.2) is 94.6 Å². The van der Waals surface area contributed by atoms with Crippen LogP contribution >= 0.6 is 0 Å². The van der Waals surface area contributed by atoms with Crippen molar-refractivity contribution in [2.45, 2.75) is 109 Å². The number of aryl methyl sites for hydroxylation is 1. The van der Waals surface area contributed by atoms with E-state index in [0.29, 0.717) is 51.0 Å². The summed E-state index contributed by atoms with van der Waals surface area (Å²) in [5.41, 5.74) is 10.5. The first kappa shape index (κ1) is 57.2. The lowest BCUT2D eigenvalue weighted by atomic mass is 9.75. The first-order valence-corrected chi connectivity index (χ1v) is 31.0. The average molecular weight is 1120 g/mol. The number of nitrogens with zero attached hydrogens (tertiary/aromatic N) is 3. The lowest BCUT2D eigenvalue weighted by Crippen LogP contribution is -2.71. The molecule has 2 aliphatic heterocycles. The fourth-order valence-corrected chi connectivity index (χ4v) is 12.9. The van der Waals surface area contributed by atoms with Crippen molar-refractivity contribution >= 4 is 26.2 Å². The van der Waals surface area contributed by atoms with Crippen LogP contribution in [-0.2, 0) is 45.2 Å². The zero-order valence-electron chi connectivity index (χ0n) is 49.0. The molecule has 7 aromatic rings. The zero-order valence-corrected chi connectivity index (χ0v) is 50.0. The predicted octanol–water partition coefficient (Wildman–Crippen LogP) is 13.3. The van der Waals surface area contributed by atoms with Gasteiger partial charge in [-0.25, -0.2) is 4.79 Å². The summed E-state index contributed by atoms with van der Waals surface area (Å²) in [5.74, 6) is 1.46. The minimum atomic E-state index is -2.46. The minimum Gasteiger partial charge on any atom is -0.541 e. The summed E-state index contributed by atoms with van der Waals surface area (Å²) >= 11 is 0. The number of fused-ring (bicyclic) bond motifs is 6. The van der Waals surface area contributed by atoms with Gasteiger partial charge in [0.05, 0.1) is 46.6 Å². The molecule has 13 nitrogen and oxygen atoms in total. The first-order chi connectivity index (χ1) is 39.5. The molecule has 1 saturated heterocycles. The Bertz CT molecular complexity index is 3410. The smallest absolute Gasteiger partial charge is 0.410 e. The van der Waals surface area contributed by atoms with E-state index in [1.807, 2.05) is 141 Å². The van der Waals surface area contributed by atoms with Gasteiger partial charge in [0.15, 0.2) is 17.2 Å². The second kappa shape index (κ2) is 23.8. The van der Waals surface area contributed by atoms with E-state index in [9.17, 15) is 0 Å². The van der Waals surface area contributed by atoms with Crippen LogP contribution in [0, 0.1) is 13.8 Å². The normalized spacial score (nSPS) is 16.7. The Morgan fingerprint density at radius 3 is 1.76 bits per heavy atom. The highest BCUT2D eigenvalue weighted by atomic mass is 28.4. The highest BCUT2D eigenvalue weighted by molar-refractivity contribution is 6.74. The molecule has 0 saturated carbocycles. The number of methoxy groups -OCH3 is 3. The third-order valence-corrected chi connectivity index (χ3v) is 21.4. The summed E-state index contributed by atoms with van der Waals surface area (Å²) in [4.78, 5) is 52.5. The number of rotatable bonds is 20. The molecule has 82 heavy (non-hydrogen) atoms. The number of likely N-dealkylation sites (N-methyl/N-ethyl adjacent to an activating group) is 1. The van der Waals surface area contributed by atoms with E-state index < -0.39 is 44.5 Å². The number of carbonyl (C=O) groups excluding carboxylic acids is 3. The molecule has 10 rings (SSSR count). The highest BCUT2D eigenvalue weighted by Gasteiger charge is 2.61. The molecule has 0 spiro atoms. The summed E-state index contributed by atoms with van der Waals surface area (Å²) < 4.78 is 45.9. The quantitative estimate of drug-likeness (QED) is 0.0538. The monoisotopic (exact) mass is 1120 g/mol. The molecule has 0 aromatic heterocycles. The molecule has 0 bridgehead atoms. The van der Waals surface area contributed by atoms with Crippen molar-refractivity contribution < 1.29 is 47.2 Å². The first-order valence-electron chi connectivity index (χ1n) is 28.1. The molecule has 0 unspecified atom stereocenters. The van der Waals surface area contributed by atoms with Gasteiger partial charge in [-0.15, -0.1) is 0 Å². The summed E-state index contributed by atoms with van der Waals surface area (Å²) in [6.45, 7) is 15.3. The molecular weight excluding hydrogens is 1050 g/mol. The average Bonchev–Trinajstić information content (AvgIpc) is 1.90. The maximum atomic E-state index is 16.9. The van der Waals surface area contributed by atoms with Crippen LogP contribution in [0.5, 0.6) is 28.7 Å². The van der Waals surface area contributed by atoms with Crippen molar-refractivity contribution in [3.63, 3.8) is 0 Å². The van der Waals surface area contributed by atoms with Crippen LogP contribution in [0.25, 0.3) is 11.1 Å². The van der Waals surface area contributed by atoms with Gasteiger partial charge < -0.3 is 42.6 Å². The highest BCUT2D eigenvalue weighted by Crippen LogP contribution is 2.59. The third kappa shape index (κ3) is 10.9. The van der Waals surface area contributed by atoms with Crippen LogP contribution in [0.15, 0.2) is 152 Å². The lowest BCUT2D eigenvalue weighted by Gasteiger charge is -2.58. The van der Waals surface area contributed by atoms with E-state index in [-0.39, 0.29) is 56.3 Å². The second-order valence-corrected chi connectivity index (χ2v) is 27.9. The van der Waals surface area contributed by atoms with Gasteiger partial charge in [0.25, 0.3) is 8.32 Å². The molecular formula is C68H75N3O10Si. The SMILES string of the molecule is COc1c(C)cc(C[C@@H](C(=O)N2[C@@H]3C(=O)N(Cc4ccccc4)[C@@H]3c3c(OC)c(C)c(OC)c(OCc4ccccc4)c3[C@@H]2COCc2ccccc2)N(C)C(=O)OCC2c3ccccc3-c3ccccc32)cc1O[Si](C)(C)C(C)(C)C.